The number of ether oxygens (including phenoxy) is 2. The third-order valence-electron chi connectivity index (χ3n) is 3.73. The normalized spacial score (nSPS) is 9.81. The minimum atomic E-state index is -0.647. The number of hydrogen-bond donors (Lipinski definition) is 2. The minimum Gasteiger partial charge on any atom is -0.490 e. The first-order valence-corrected chi connectivity index (χ1v) is 8.32. The zero-order valence-corrected chi connectivity index (χ0v) is 15.4. The summed E-state index contributed by atoms with van der Waals surface area (Å²) in [5, 5.41) is 18.8. The fourth-order valence-electron chi connectivity index (χ4n) is 2.48. The van der Waals surface area contributed by atoms with Gasteiger partial charge in [0.15, 0.2) is 11.5 Å². The maximum absolute atomic E-state index is 12.1. The Morgan fingerprint density at radius 2 is 1.89 bits per heavy atom. The summed E-state index contributed by atoms with van der Waals surface area (Å²) in [7, 11) is 0. The van der Waals surface area contributed by atoms with Crippen LogP contribution >= 0.6 is 0 Å². The summed E-state index contributed by atoms with van der Waals surface area (Å²) in [6, 6.07) is 8.78. The zero-order chi connectivity index (χ0) is 20.0. The standard InChI is InChI=1S/C20H20N4O3/c1-4-26-17-9-13(5-6-16(17)27-8-7-12(2)3)18-14(10-21)19(23)24-20(25)15(18)11-22/h5-7,9H,4,8H2,1-3H3,(H3,23,24,25). The summed E-state index contributed by atoms with van der Waals surface area (Å²) >= 11 is 0. The number of nitrogen functional groups attached to an aromatic ring is 1. The van der Waals surface area contributed by atoms with Crippen molar-refractivity contribution in [1.29, 1.82) is 10.5 Å². The van der Waals surface area contributed by atoms with E-state index in [0.29, 0.717) is 30.3 Å². The van der Waals surface area contributed by atoms with Gasteiger partial charge in [0, 0.05) is 5.56 Å². The molecule has 1 aromatic heterocycles. The molecule has 0 bridgehead atoms. The number of hydrogen-bond acceptors (Lipinski definition) is 6. The molecular formula is C20H20N4O3. The molecule has 0 aliphatic carbocycles. The van der Waals surface area contributed by atoms with Crippen LogP contribution in [0, 0.1) is 22.7 Å². The smallest absolute Gasteiger partial charge is 0.268 e. The van der Waals surface area contributed by atoms with E-state index in [2.05, 4.69) is 4.98 Å². The van der Waals surface area contributed by atoms with Crippen molar-refractivity contribution in [2.24, 2.45) is 0 Å². The summed E-state index contributed by atoms with van der Waals surface area (Å²) in [5.74, 6) is 0.884. The molecule has 7 heteroatoms. The van der Waals surface area contributed by atoms with Crippen molar-refractivity contribution in [3.63, 3.8) is 0 Å². The highest BCUT2D eigenvalue weighted by Gasteiger charge is 2.19. The molecule has 0 saturated heterocycles. The lowest BCUT2D eigenvalue weighted by atomic mass is 9.96. The van der Waals surface area contributed by atoms with Gasteiger partial charge >= 0.3 is 0 Å². The molecule has 2 rings (SSSR count). The number of rotatable bonds is 6. The van der Waals surface area contributed by atoms with Gasteiger partial charge in [0.1, 0.15) is 35.7 Å². The second kappa shape index (κ2) is 8.59. The highest BCUT2D eigenvalue weighted by Crippen LogP contribution is 2.35. The second-order valence-corrected chi connectivity index (χ2v) is 5.90. The molecule has 0 spiro atoms. The van der Waals surface area contributed by atoms with Crippen LogP contribution in [0.1, 0.15) is 31.9 Å². The first kappa shape index (κ1) is 19.6. The van der Waals surface area contributed by atoms with Crippen LogP contribution in [-0.4, -0.2) is 18.2 Å². The molecule has 0 aliphatic heterocycles. The Kier molecular flexibility index (Phi) is 6.24. The highest BCUT2D eigenvalue weighted by molar-refractivity contribution is 5.81. The molecule has 0 amide bonds. The number of nitriles is 2. The van der Waals surface area contributed by atoms with Crippen LogP contribution in [-0.2, 0) is 0 Å². The fraction of sp³-hybridized carbons (Fsp3) is 0.250. The SMILES string of the molecule is CCOc1cc(-c2c(C#N)c(N)[nH]c(=O)c2C#N)ccc1OCC=C(C)C. The predicted octanol–water partition coefficient (Wildman–Crippen LogP) is 3.11. The van der Waals surface area contributed by atoms with Gasteiger partial charge in [-0.05, 0) is 44.5 Å². The zero-order valence-electron chi connectivity index (χ0n) is 15.4. The van der Waals surface area contributed by atoms with Gasteiger partial charge in [0.25, 0.3) is 5.56 Å². The third-order valence-corrected chi connectivity index (χ3v) is 3.73. The van der Waals surface area contributed by atoms with Crippen molar-refractivity contribution >= 4 is 5.82 Å². The molecule has 138 valence electrons. The molecule has 0 aliphatic rings. The van der Waals surface area contributed by atoms with Gasteiger partial charge in [-0.15, -0.1) is 0 Å². The Morgan fingerprint density at radius 1 is 1.19 bits per heavy atom. The monoisotopic (exact) mass is 364 g/mol. The number of aromatic amines is 1. The summed E-state index contributed by atoms with van der Waals surface area (Å²) in [5.41, 5.74) is 6.75. The van der Waals surface area contributed by atoms with E-state index in [0.717, 1.165) is 5.57 Å². The molecule has 0 atom stereocenters. The number of anilines is 1. The number of benzene rings is 1. The number of nitrogens with two attached hydrogens (primary N) is 1. The van der Waals surface area contributed by atoms with Gasteiger partial charge in [0.2, 0.25) is 0 Å². The van der Waals surface area contributed by atoms with Gasteiger partial charge in [-0.1, -0.05) is 11.6 Å². The fourth-order valence-corrected chi connectivity index (χ4v) is 2.48. The number of aromatic nitrogens is 1. The number of H-pyrrole nitrogens is 1. The van der Waals surface area contributed by atoms with E-state index >= 15 is 0 Å². The largest absolute Gasteiger partial charge is 0.490 e. The first-order valence-electron chi connectivity index (χ1n) is 8.32. The van der Waals surface area contributed by atoms with Crippen molar-refractivity contribution in [2.75, 3.05) is 18.9 Å². The maximum atomic E-state index is 12.1. The number of nitrogens with zero attached hydrogens (tertiary/aromatic N) is 2. The van der Waals surface area contributed by atoms with Gasteiger partial charge in [0.05, 0.1) is 6.61 Å². The molecule has 0 saturated carbocycles. The Hall–Kier alpha value is -3.71. The van der Waals surface area contributed by atoms with E-state index in [1.807, 2.05) is 39.0 Å². The van der Waals surface area contributed by atoms with E-state index in [9.17, 15) is 15.3 Å². The van der Waals surface area contributed by atoms with E-state index in [1.165, 1.54) is 0 Å². The second-order valence-electron chi connectivity index (χ2n) is 5.90. The highest BCUT2D eigenvalue weighted by atomic mass is 16.5. The minimum absolute atomic E-state index is 0.0341. The molecule has 7 nitrogen and oxygen atoms in total. The van der Waals surface area contributed by atoms with E-state index < -0.39 is 5.56 Å². The topological polar surface area (TPSA) is 125 Å². The first-order chi connectivity index (χ1) is 12.9. The molecule has 27 heavy (non-hydrogen) atoms. The predicted molar refractivity (Wildman–Crippen MR) is 102 cm³/mol. The summed E-state index contributed by atoms with van der Waals surface area (Å²) in [6.07, 6.45) is 1.93. The molecule has 3 N–H and O–H groups in total. The third kappa shape index (κ3) is 4.28. The van der Waals surface area contributed by atoms with Crippen molar-refractivity contribution in [3.8, 4) is 34.8 Å². The molecular weight excluding hydrogens is 344 g/mol. The van der Waals surface area contributed by atoms with Crippen LogP contribution < -0.4 is 20.8 Å². The molecule has 1 aromatic carbocycles. The van der Waals surface area contributed by atoms with Crippen LogP contribution in [0.25, 0.3) is 11.1 Å². The van der Waals surface area contributed by atoms with E-state index in [-0.39, 0.29) is 22.5 Å². The van der Waals surface area contributed by atoms with E-state index in [4.69, 9.17) is 15.2 Å². The van der Waals surface area contributed by atoms with Crippen molar-refractivity contribution in [2.45, 2.75) is 20.8 Å². The van der Waals surface area contributed by atoms with E-state index in [1.54, 1.807) is 18.2 Å². The van der Waals surface area contributed by atoms with Crippen LogP contribution in [0.5, 0.6) is 11.5 Å². The summed E-state index contributed by atoms with van der Waals surface area (Å²) in [4.78, 5) is 14.4. The van der Waals surface area contributed by atoms with Crippen LogP contribution in [0.3, 0.4) is 0 Å². The molecule has 0 unspecified atom stereocenters. The number of nitrogens with one attached hydrogen (secondary N) is 1. The van der Waals surface area contributed by atoms with Crippen molar-refractivity contribution in [3.05, 3.63) is 51.3 Å². The maximum Gasteiger partial charge on any atom is 0.268 e. The molecule has 0 fully saturated rings. The average Bonchev–Trinajstić information content (AvgIpc) is 2.62. The van der Waals surface area contributed by atoms with Crippen LogP contribution in [0.4, 0.5) is 5.82 Å². The lowest BCUT2D eigenvalue weighted by molar-refractivity contribution is 0.296. The lowest BCUT2D eigenvalue weighted by Gasteiger charge is -2.14. The Balaban J connectivity index is 2.63. The number of pyridine rings is 1. The number of allylic oxidation sites excluding steroid dienone is 1. The van der Waals surface area contributed by atoms with Crippen molar-refractivity contribution in [1.82, 2.24) is 4.98 Å². The summed E-state index contributed by atoms with van der Waals surface area (Å²) in [6.45, 7) is 6.56. The quantitative estimate of drug-likeness (QED) is 0.759. The molecule has 0 radical (unpaired) electrons. The van der Waals surface area contributed by atoms with Crippen LogP contribution in [0.15, 0.2) is 34.6 Å². The van der Waals surface area contributed by atoms with Gasteiger partial charge in [-0.25, -0.2) is 0 Å². The van der Waals surface area contributed by atoms with Gasteiger partial charge < -0.3 is 20.2 Å². The van der Waals surface area contributed by atoms with Crippen molar-refractivity contribution < 1.29 is 9.47 Å². The summed E-state index contributed by atoms with van der Waals surface area (Å²) < 4.78 is 11.4. The molecule has 2 aromatic rings. The van der Waals surface area contributed by atoms with Gasteiger partial charge in [-0.3, -0.25) is 4.79 Å². The Labute approximate surface area is 157 Å². The average molecular weight is 364 g/mol. The molecule has 1 heterocycles. The van der Waals surface area contributed by atoms with Gasteiger partial charge in [-0.2, -0.15) is 10.5 Å². The lowest BCUT2D eigenvalue weighted by Crippen LogP contribution is -2.16. The van der Waals surface area contributed by atoms with Crippen LogP contribution in [0.2, 0.25) is 0 Å². The Bertz CT molecular complexity index is 1020. The Morgan fingerprint density at radius 3 is 2.48 bits per heavy atom.